The second-order valence-corrected chi connectivity index (χ2v) is 1.65. The summed E-state index contributed by atoms with van der Waals surface area (Å²) in [5, 5.41) is 9.94. The first-order valence-electron chi connectivity index (χ1n) is 2.32. The van der Waals surface area contributed by atoms with Crippen molar-refractivity contribution in [1.82, 2.24) is 9.55 Å². The molecule has 0 radical (unpaired) electrons. The maximum atomic E-state index is 9.94. The maximum Gasteiger partial charge on any atom is 0.381 e. The van der Waals surface area contributed by atoms with Gasteiger partial charge in [0, 0.05) is 7.05 Å². The Bertz CT molecular complexity index is 237. The highest BCUT2D eigenvalue weighted by atomic mass is 35.5. The zero-order valence-corrected chi connectivity index (χ0v) is 7.26. The lowest BCUT2D eigenvalue weighted by Gasteiger charge is -1.82. The summed E-state index contributed by atoms with van der Waals surface area (Å²) in [7, 11) is 1.68. The Morgan fingerprint density at radius 2 is 2.18 bits per heavy atom. The first-order chi connectivity index (χ1) is 4.20. The van der Waals surface area contributed by atoms with E-state index in [1.165, 1.54) is 17.1 Å². The van der Waals surface area contributed by atoms with Gasteiger partial charge in [-0.3, -0.25) is 0 Å². The quantitative estimate of drug-likeness (QED) is 0.504. The van der Waals surface area contributed by atoms with Crippen LogP contribution in [0.25, 0.3) is 0 Å². The molecule has 0 spiro atoms. The van der Waals surface area contributed by atoms with Crippen LogP contribution >= 0.6 is 24.8 Å². The molecule has 0 saturated heterocycles. The number of hydrogen-bond acceptors (Lipinski definition) is 3. The minimum Gasteiger partial charge on any atom is -0.358 e. The minimum absolute atomic E-state index is 0. The Morgan fingerprint density at radius 3 is 2.36 bits per heavy atom. The van der Waals surface area contributed by atoms with E-state index in [1.54, 1.807) is 7.05 Å². The van der Waals surface area contributed by atoms with Crippen LogP contribution in [0, 0.1) is 10.1 Å². The van der Waals surface area contributed by atoms with Gasteiger partial charge in [-0.15, -0.1) is 24.8 Å². The van der Waals surface area contributed by atoms with Gasteiger partial charge < -0.3 is 14.7 Å². The van der Waals surface area contributed by atoms with E-state index in [4.69, 9.17) is 0 Å². The van der Waals surface area contributed by atoms with Crippen LogP contribution in [-0.2, 0) is 7.05 Å². The maximum absolute atomic E-state index is 9.94. The summed E-state index contributed by atoms with van der Waals surface area (Å²) < 4.78 is 1.53. The van der Waals surface area contributed by atoms with Gasteiger partial charge in [0.25, 0.3) is 0 Å². The standard InChI is InChI=1S/C4H5N3O2.2ClH/c1-6-2-4(5-3-6)7(8)9;;/h2-3H,1H3;2*1H. The van der Waals surface area contributed by atoms with Gasteiger partial charge in [-0.05, 0) is 9.91 Å². The number of nitro groups is 1. The molecule has 0 fully saturated rings. The van der Waals surface area contributed by atoms with E-state index in [0.29, 0.717) is 0 Å². The molecule has 5 nitrogen and oxygen atoms in total. The summed E-state index contributed by atoms with van der Waals surface area (Å²) in [5.74, 6) is -0.113. The molecule has 11 heavy (non-hydrogen) atoms. The number of hydrogen-bond donors (Lipinski definition) is 0. The lowest BCUT2D eigenvalue weighted by atomic mass is 10.8. The Hall–Kier alpha value is -0.810. The summed E-state index contributed by atoms with van der Waals surface area (Å²) in [6, 6.07) is 0. The van der Waals surface area contributed by atoms with Crippen molar-refractivity contribution in [2.24, 2.45) is 7.05 Å². The fourth-order valence-electron chi connectivity index (χ4n) is 0.493. The Kier molecular flexibility index (Phi) is 5.74. The summed E-state index contributed by atoms with van der Waals surface area (Å²) in [6.07, 6.45) is 2.73. The third kappa shape index (κ3) is 3.20. The number of aryl methyl sites for hydroxylation is 1. The zero-order valence-electron chi connectivity index (χ0n) is 5.63. The molecule has 1 rings (SSSR count). The molecule has 1 aromatic rings. The van der Waals surface area contributed by atoms with Gasteiger partial charge in [0.15, 0.2) is 0 Å². The van der Waals surface area contributed by atoms with Crippen molar-refractivity contribution in [3.63, 3.8) is 0 Å². The third-order valence-corrected chi connectivity index (χ3v) is 0.878. The predicted molar refractivity (Wildman–Crippen MR) is 44.4 cm³/mol. The number of imidazole rings is 1. The summed E-state index contributed by atoms with van der Waals surface area (Å²) in [4.78, 5) is 12.9. The molecule has 1 aromatic heterocycles. The molecule has 0 aliphatic carbocycles. The summed E-state index contributed by atoms with van der Waals surface area (Å²) in [5.41, 5.74) is 0. The molecule has 0 N–H and O–H groups in total. The zero-order chi connectivity index (χ0) is 6.85. The SMILES string of the molecule is Cl.Cl.Cn1cnc([N+](=O)[O-])c1. The van der Waals surface area contributed by atoms with Gasteiger partial charge in [0.1, 0.15) is 6.20 Å². The smallest absolute Gasteiger partial charge is 0.358 e. The number of halogens is 2. The highest BCUT2D eigenvalue weighted by Gasteiger charge is 2.05. The van der Waals surface area contributed by atoms with Crippen molar-refractivity contribution in [2.45, 2.75) is 0 Å². The molecule has 0 saturated carbocycles. The van der Waals surface area contributed by atoms with E-state index in [1.807, 2.05) is 0 Å². The molecule has 0 bridgehead atoms. The predicted octanol–water partition coefficient (Wildman–Crippen LogP) is 1.17. The molecule has 0 atom stereocenters. The fraction of sp³-hybridized carbons (Fsp3) is 0.250. The first-order valence-corrected chi connectivity index (χ1v) is 2.32. The average molecular weight is 200 g/mol. The van der Waals surface area contributed by atoms with E-state index in [2.05, 4.69) is 4.98 Å². The number of nitrogens with zero attached hydrogens (tertiary/aromatic N) is 3. The van der Waals surface area contributed by atoms with Crippen molar-refractivity contribution in [1.29, 1.82) is 0 Å². The van der Waals surface area contributed by atoms with Crippen LogP contribution in [0.3, 0.4) is 0 Å². The van der Waals surface area contributed by atoms with Crippen LogP contribution in [0.4, 0.5) is 5.82 Å². The topological polar surface area (TPSA) is 61.0 Å². The molecule has 0 aliphatic heterocycles. The van der Waals surface area contributed by atoms with Crippen molar-refractivity contribution in [3.8, 4) is 0 Å². The Morgan fingerprint density at radius 1 is 1.64 bits per heavy atom. The normalized spacial score (nSPS) is 7.73. The number of rotatable bonds is 1. The van der Waals surface area contributed by atoms with Crippen LogP contribution < -0.4 is 0 Å². The van der Waals surface area contributed by atoms with Crippen molar-refractivity contribution in [2.75, 3.05) is 0 Å². The highest BCUT2D eigenvalue weighted by molar-refractivity contribution is 5.85. The van der Waals surface area contributed by atoms with Crippen molar-refractivity contribution < 1.29 is 4.92 Å². The average Bonchev–Trinajstić information content (AvgIpc) is 2.14. The third-order valence-electron chi connectivity index (χ3n) is 0.878. The van der Waals surface area contributed by atoms with Gasteiger partial charge in [-0.2, -0.15) is 0 Å². The Labute approximate surface area is 75.4 Å². The van der Waals surface area contributed by atoms with Gasteiger partial charge in [0.2, 0.25) is 6.33 Å². The molecule has 64 valence electrons. The van der Waals surface area contributed by atoms with Crippen molar-refractivity contribution in [3.05, 3.63) is 22.6 Å². The van der Waals surface area contributed by atoms with E-state index in [9.17, 15) is 10.1 Å². The molecule has 0 aromatic carbocycles. The van der Waals surface area contributed by atoms with Crippen LogP contribution in [0.2, 0.25) is 0 Å². The molecule has 1 heterocycles. The minimum atomic E-state index is -0.528. The second-order valence-electron chi connectivity index (χ2n) is 1.65. The van der Waals surface area contributed by atoms with Crippen LogP contribution in [0.5, 0.6) is 0 Å². The van der Waals surface area contributed by atoms with Crippen LogP contribution in [-0.4, -0.2) is 14.5 Å². The van der Waals surface area contributed by atoms with Crippen molar-refractivity contribution >= 4 is 30.6 Å². The molecule has 0 aliphatic rings. The molecule has 0 unspecified atom stereocenters. The largest absolute Gasteiger partial charge is 0.381 e. The van der Waals surface area contributed by atoms with E-state index < -0.39 is 4.92 Å². The lowest BCUT2D eigenvalue weighted by Crippen LogP contribution is -1.86. The van der Waals surface area contributed by atoms with E-state index in [0.717, 1.165) is 0 Å². The highest BCUT2D eigenvalue weighted by Crippen LogP contribution is 2.02. The molecule has 0 amide bonds. The van der Waals surface area contributed by atoms with Gasteiger partial charge in [-0.25, -0.2) is 0 Å². The molecule has 7 heteroatoms. The summed E-state index contributed by atoms with van der Waals surface area (Å²) in [6.45, 7) is 0. The van der Waals surface area contributed by atoms with E-state index in [-0.39, 0.29) is 30.6 Å². The number of aromatic nitrogens is 2. The van der Waals surface area contributed by atoms with Gasteiger partial charge >= 0.3 is 5.82 Å². The monoisotopic (exact) mass is 199 g/mol. The molecular weight excluding hydrogens is 193 g/mol. The van der Waals surface area contributed by atoms with E-state index >= 15 is 0 Å². The van der Waals surface area contributed by atoms with Gasteiger partial charge in [0.05, 0.1) is 0 Å². The fourth-order valence-corrected chi connectivity index (χ4v) is 0.493. The second kappa shape index (κ2) is 4.92. The van der Waals surface area contributed by atoms with Gasteiger partial charge in [-0.1, -0.05) is 0 Å². The molecular formula is C4H7Cl2N3O2. The first kappa shape index (κ1) is 12.8. The summed E-state index contributed by atoms with van der Waals surface area (Å²) >= 11 is 0. The van der Waals surface area contributed by atoms with Crippen LogP contribution in [0.15, 0.2) is 12.5 Å². The lowest BCUT2D eigenvalue weighted by molar-refractivity contribution is -0.389. The Balaban J connectivity index is 0. The van der Waals surface area contributed by atoms with Crippen LogP contribution in [0.1, 0.15) is 0 Å².